The highest BCUT2D eigenvalue weighted by molar-refractivity contribution is 7.99. The van der Waals surface area contributed by atoms with E-state index < -0.39 is 11.9 Å². The Labute approximate surface area is 194 Å². The maximum Gasteiger partial charge on any atom is 0.321 e. The summed E-state index contributed by atoms with van der Waals surface area (Å²) in [5, 5.41) is 5.99. The van der Waals surface area contributed by atoms with Crippen LogP contribution in [0.5, 0.6) is 0 Å². The van der Waals surface area contributed by atoms with Crippen LogP contribution < -0.4 is 16.2 Å². The molecule has 4 rings (SSSR count). The Morgan fingerprint density at radius 2 is 1.97 bits per heavy atom. The van der Waals surface area contributed by atoms with Crippen molar-refractivity contribution in [3.05, 3.63) is 50.1 Å². The van der Waals surface area contributed by atoms with Gasteiger partial charge < -0.3 is 5.32 Å². The monoisotopic (exact) mass is 470 g/mol. The van der Waals surface area contributed by atoms with Crippen LogP contribution in [0.25, 0.3) is 15.9 Å². The van der Waals surface area contributed by atoms with E-state index in [1.807, 2.05) is 32.0 Å². The first kappa shape index (κ1) is 22.5. The Morgan fingerprint density at radius 1 is 1.19 bits per heavy atom. The zero-order valence-corrected chi connectivity index (χ0v) is 20.0. The Kier molecular flexibility index (Phi) is 6.66. The van der Waals surface area contributed by atoms with Crippen molar-refractivity contribution in [1.82, 2.24) is 20.2 Å². The van der Waals surface area contributed by atoms with E-state index in [0.717, 1.165) is 64.7 Å². The highest BCUT2D eigenvalue weighted by Crippen LogP contribution is 2.35. The minimum Gasteiger partial charge on any atom is -0.338 e. The van der Waals surface area contributed by atoms with E-state index in [1.54, 1.807) is 22.8 Å². The summed E-state index contributed by atoms with van der Waals surface area (Å²) in [5.41, 5.74) is 3.99. The third-order valence-electron chi connectivity index (χ3n) is 5.63. The number of benzene rings is 1. The number of urea groups is 1. The zero-order chi connectivity index (χ0) is 22.8. The Morgan fingerprint density at radius 3 is 2.72 bits per heavy atom. The quantitative estimate of drug-likeness (QED) is 0.436. The van der Waals surface area contributed by atoms with Crippen LogP contribution in [0.4, 0.5) is 4.79 Å². The fourth-order valence-electron chi connectivity index (χ4n) is 3.87. The third-order valence-corrected chi connectivity index (χ3v) is 7.75. The molecule has 0 saturated heterocycles. The van der Waals surface area contributed by atoms with Gasteiger partial charge in [-0.15, -0.1) is 11.3 Å². The number of hydrogen-bond donors (Lipinski definition) is 2. The molecular weight excluding hydrogens is 444 g/mol. The van der Waals surface area contributed by atoms with Gasteiger partial charge in [0, 0.05) is 11.4 Å². The first-order valence-electron chi connectivity index (χ1n) is 10.7. The number of nitrogens with one attached hydrogen (secondary N) is 2. The van der Waals surface area contributed by atoms with Crippen LogP contribution in [0.3, 0.4) is 0 Å². The average Bonchev–Trinajstić information content (AvgIpc) is 3.13. The standard InChI is InChI=1S/C23H26N4O3S2/c1-4-24-22(30)25-18(28)12-31-23-26-20-19(16-7-5-6-8-17(16)32-20)21(29)27(23)15-10-9-13(2)14(3)11-15/h9-11H,4-8,12H2,1-3H3,(H2,24,25,28,30). The van der Waals surface area contributed by atoms with Crippen molar-refractivity contribution in [2.45, 2.75) is 51.6 Å². The number of rotatable bonds is 5. The molecule has 0 unspecified atom stereocenters. The van der Waals surface area contributed by atoms with Crippen LogP contribution in [0.1, 0.15) is 41.3 Å². The van der Waals surface area contributed by atoms with Gasteiger partial charge in [0.25, 0.3) is 5.56 Å². The number of carbonyl (C=O) groups excluding carboxylic acids is 2. The lowest BCUT2D eigenvalue weighted by atomic mass is 9.97. The van der Waals surface area contributed by atoms with Crippen molar-refractivity contribution < 1.29 is 9.59 Å². The van der Waals surface area contributed by atoms with E-state index in [9.17, 15) is 14.4 Å². The molecule has 0 aliphatic heterocycles. The molecule has 1 aliphatic rings. The van der Waals surface area contributed by atoms with E-state index in [2.05, 4.69) is 10.6 Å². The van der Waals surface area contributed by atoms with Gasteiger partial charge in [0.05, 0.1) is 16.8 Å². The van der Waals surface area contributed by atoms with Crippen LogP contribution >= 0.6 is 23.1 Å². The lowest BCUT2D eigenvalue weighted by molar-refractivity contribution is -0.117. The molecule has 1 aromatic carbocycles. The molecular formula is C23H26N4O3S2. The first-order chi connectivity index (χ1) is 15.4. The van der Waals surface area contributed by atoms with Crippen molar-refractivity contribution in [2.75, 3.05) is 12.3 Å². The molecule has 2 N–H and O–H groups in total. The predicted octanol–water partition coefficient (Wildman–Crippen LogP) is 3.88. The molecule has 168 valence electrons. The third kappa shape index (κ3) is 4.45. The number of imide groups is 1. The molecule has 0 saturated carbocycles. The van der Waals surface area contributed by atoms with Crippen LogP contribution in [0, 0.1) is 13.8 Å². The molecule has 1 aliphatic carbocycles. The van der Waals surface area contributed by atoms with E-state index in [-0.39, 0.29) is 11.3 Å². The van der Waals surface area contributed by atoms with Gasteiger partial charge in [-0.3, -0.25) is 19.5 Å². The Hall–Kier alpha value is -2.65. The van der Waals surface area contributed by atoms with Crippen molar-refractivity contribution in [1.29, 1.82) is 0 Å². The van der Waals surface area contributed by atoms with Crippen molar-refractivity contribution in [2.24, 2.45) is 0 Å². The lowest BCUT2D eigenvalue weighted by Gasteiger charge is -2.14. The second-order valence-corrected chi connectivity index (χ2v) is 9.92. The maximum atomic E-state index is 13.7. The summed E-state index contributed by atoms with van der Waals surface area (Å²) in [6.45, 7) is 6.25. The second kappa shape index (κ2) is 9.46. The number of nitrogens with zero attached hydrogens (tertiary/aromatic N) is 2. The number of thioether (sulfide) groups is 1. The summed E-state index contributed by atoms with van der Waals surface area (Å²) in [6.07, 6.45) is 4.10. The smallest absolute Gasteiger partial charge is 0.321 e. The predicted molar refractivity (Wildman–Crippen MR) is 129 cm³/mol. The second-order valence-electron chi connectivity index (χ2n) is 7.89. The van der Waals surface area contributed by atoms with Gasteiger partial charge in [-0.2, -0.15) is 0 Å². The van der Waals surface area contributed by atoms with Crippen LogP contribution in [0.15, 0.2) is 28.2 Å². The maximum absolute atomic E-state index is 13.7. The topological polar surface area (TPSA) is 93.1 Å². The van der Waals surface area contributed by atoms with Crippen molar-refractivity contribution in [3.8, 4) is 5.69 Å². The normalized spacial score (nSPS) is 13.1. The average molecular weight is 471 g/mol. The van der Waals surface area contributed by atoms with E-state index in [4.69, 9.17) is 4.98 Å². The van der Waals surface area contributed by atoms with Crippen LogP contribution in [0.2, 0.25) is 0 Å². The van der Waals surface area contributed by atoms with Crippen molar-refractivity contribution >= 4 is 45.3 Å². The molecule has 2 heterocycles. The minimum absolute atomic E-state index is 0.0228. The Balaban J connectivity index is 1.78. The summed E-state index contributed by atoms with van der Waals surface area (Å²) in [7, 11) is 0. The molecule has 0 radical (unpaired) electrons. The van der Waals surface area contributed by atoms with E-state index >= 15 is 0 Å². The Bertz CT molecular complexity index is 1260. The summed E-state index contributed by atoms with van der Waals surface area (Å²) < 4.78 is 1.61. The summed E-state index contributed by atoms with van der Waals surface area (Å²) >= 11 is 2.75. The zero-order valence-electron chi connectivity index (χ0n) is 18.4. The number of aromatic nitrogens is 2. The number of aryl methyl sites for hydroxylation is 4. The van der Waals surface area contributed by atoms with Gasteiger partial charge in [0.15, 0.2) is 5.16 Å². The molecule has 0 spiro atoms. The number of thiophene rings is 1. The molecule has 3 amide bonds. The fraction of sp³-hybridized carbons (Fsp3) is 0.391. The molecule has 0 fully saturated rings. The van der Waals surface area contributed by atoms with E-state index in [0.29, 0.717) is 17.1 Å². The lowest BCUT2D eigenvalue weighted by Crippen LogP contribution is -2.40. The number of hydrogen-bond acceptors (Lipinski definition) is 6. The number of fused-ring (bicyclic) bond motifs is 3. The van der Waals surface area contributed by atoms with Gasteiger partial charge in [0.2, 0.25) is 5.91 Å². The number of carbonyl (C=O) groups is 2. The van der Waals surface area contributed by atoms with Gasteiger partial charge in [0.1, 0.15) is 4.83 Å². The first-order valence-corrected chi connectivity index (χ1v) is 12.5. The molecule has 3 aromatic rings. The van der Waals surface area contributed by atoms with Gasteiger partial charge in [-0.05, 0) is 75.3 Å². The summed E-state index contributed by atoms with van der Waals surface area (Å²) in [6, 6.07) is 5.34. The largest absolute Gasteiger partial charge is 0.338 e. The summed E-state index contributed by atoms with van der Waals surface area (Å²) in [4.78, 5) is 44.4. The minimum atomic E-state index is -0.529. The van der Waals surface area contributed by atoms with Gasteiger partial charge in [-0.25, -0.2) is 9.78 Å². The van der Waals surface area contributed by atoms with Crippen LogP contribution in [-0.4, -0.2) is 33.8 Å². The molecule has 0 atom stereocenters. The summed E-state index contributed by atoms with van der Waals surface area (Å²) in [5.74, 6) is -0.460. The van der Waals surface area contributed by atoms with Gasteiger partial charge in [-0.1, -0.05) is 17.8 Å². The molecule has 32 heavy (non-hydrogen) atoms. The SMILES string of the molecule is CCNC(=O)NC(=O)CSc1nc2sc3c(c2c(=O)n1-c1ccc(C)c(C)c1)CCCC3. The van der Waals surface area contributed by atoms with E-state index in [1.165, 1.54) is 4.88 Å². The molecule has 9 heteroatoms. The molecule has 2 aromatic heterocycles. The van der Waals surface area contributed by atoms with Crippen LogP contribution in [-0.2, 0) is 17.6 Å². The van der Waals surface area contributed by atoms with Gasteiger partial charge >= 0.3 is 6.03 Å². The fourth-order valence-corrected chi connectivity index (χ4v) is 5.99. The highest BCUT2D eigenvalue weighted by Gasteiger charge is 2.23. The number of amides is 3. The molecule has 0 bridgehead atoms. The molecule has 7 nitrogen and oxygen atoms in total. The highest BCUT2D eigenvalue weighted by atomic mass is 32.2. The van der Waals surface area contributed by atoms with Crippen molar-refractivity contribution in [3.63, 3.8) is 0 Å².